The highest BCUT2D eigenvalue weighted by Crippen LogP contribution is 2.45. The number of allylic oxidation sites excluding steroid dienone is 24. The number of rotatable bonds is 73. The van der Waals surface area contributed by atoms with Crippen LogP contribution < -0.4 is 0 Å². The van der Waals surface area contributed by atoms with Crippen LogP contribution in [0.3, 0.4) is 0 Å². The quantitative estimate of drug-likeness (QED) is 0.0146. The second kappa shape index (κ2) is 75.1. The monoisotopic (exact) mass is 1450 g/mol. The van der Waals surface area contributed by atoms with Crippen LogP contribution in [-0.4, -0.2) is 95.9 Å². The molecule has 0 amide bonds. The molecule has 5 atom stereocenters. The highest BCUT2D eigenvalue weighted by molar-refractivity contribution is 7.47. The molecule has 0 aromatic rings. The minimum Gasteiger partial charge on any atom is -0.463 e. The molecule has 101 heavy (non-hydrogen) atoms. The molecular weight excluding hydrogens is 1310 g/mol. The number of unbranched alkanes of at least 4 members (excludes halogenated alkanes) is 26. The van der Waals surface area contributed by atoms with Crippen molar-refractivity contribution in [3.8, 4) is 0 Å². The van der Waals surface area contributed by atoms with Gasteiger partial charge < -0.3 is 34.2 Å². The Balaban J connectivity index is 4.51. The van der Waals surface area contributed by atoms with E-state index in [9.17, 15) is 43.5 Å². The maximum Gasteiger partial charge on any atom is 0.472 e. The third-order valence-corrected chi connectivity index (χ3v) is 17.9. The SMILES string of the molecule is CC/C=C\C/C=C\C/C=C\C/C=C\C/C=C\CCCCCCCCCCCCCCCCCC(=O)OCC(O)COP(=O)(O)OCC(O)COP(=O)(O)OCC(COC(=O)CCCCCC/C=C\C/C=C\C/C=C\C/C=C\CC)OC(=O)CCCCCCCCC/C=C\C/C=C\C/C=C\CC. The number of aliphatic hydroxyl groups excluding tert-OH is 2. The molecule has 16 nitrogen and oxygen atoms in total. The highest BCUT2D eigenvalue weighted by atomic mass is 31.2. The largest absolute Gasteiger partial charge is 0.472 e. The highest BCUT2D eigenvalue weighted by Gasteiger charge is 2.29. The van der Waals surface area contributed by atoms with Gasteiger partial charge in [-0.25, -0.2) is 9.13 Å². The molecule has 0 aliphatic rings. The summed E-state index contributed by atoms with van der Waals surface area (Å²) in [6.07, 6.45) is 91.9. The van der Waals surface area contributed by atoms with Crippen LogP contribution in [0.4, 0.5) is 0 Å². The van der Waals surface area contributed by atoms with Gasteiger partial charge in [0.25, 0.3) is 0 Å². The number of carbonyl (C=O) groups excluding carboxylic acids is 3. The number of aliphatic hydroxyl groups is 2. The predicted molar refractivity (Wildman–Crippen MR) is 417 cm³/mol. The summed E-state index contributed by atoms with van der Waals surface area (Å²) in [4.78, 5) is 58.6. The lowest BCUT2D eigenvalue weighted by molar-refractivity contribution is -0.161. The maximum atomic E-state index is 13.0. The molecule has 0 aromatic heterocycles. The minimum atomic E-state index is -4.94. The first-order valence-electron chi connectivity index (χ1n) is 39.1. The summed E-state index contributed by atoms with van der Waals surface area (Å²) in [6.45, 7) is 2.31. The molecule has 0 saturated carbocycles. The van der Waals surface area contributed by atoms with Crippen molar-refractivity contribution >= 4 is 33.6 Å². The van der Waals surface area contributed by atoms with Crippen LogP contribution in [0.2, 0.25) is 0 Å². The van der Waals surface area contributed by atoms with Crippen molar-refractivity contribution in [1.29, 1.82) is 0 Å². The first kappa shape index (κ1) is 96.4. The zero-order chi connectivity index (χ0) is 73.7. The van der Waals surface area contributed by atoms with E-state index < -0.39 is 91.5 Å². The average molecular weight is 1460 g/mol. The summed E-state index contributed by atoms with van der Waals surface area (Å²) in [6, 6.07) is 0. The average Bonchev–Trinajstić information content (AvgIpc) is 1.15. The van der Waals surface area contributed by atoms with Gasteiger partial charge in [-0.05, 0) is 135 Å². The molecule has 0 bridgehead atoms. The van der Waals surface area contributed by atoms with Crippen LogP contribution in [0, 0.1) is 0 Å². The number of ether oxygens (including phenoxy) is 3. The smallest absolute Gasteiger partial charge is 0.463 e. The number of phosphoric ester groups is 2. The van der Waals surface area contributed by atoms with Crippen molar-refractivity contribution in [2.75, 3.05) is 39.6 Å². The molecule has 0 rings (SSSR count). The third kappa shape index (κ3) is 76.4. The van der Waals surface area contributed by atoms with E-state index in [4.69, 9.17) is 32.3 Å². The van der Waals surface area contributed by atoms with Crippen LogP contribution in [-0.2, 0) is 55.8 Å². The van der Waals surface area contributed by atoms with Gasteiger partial charge in [0.15, 0.2) is 6.10 Å². The molecule has 0 spiro atoms. The van der Waals surface area contributed by atoms with Crippen molar-refractivity contribution in [1.82, 2.24) is 0 Å². The number of phosphoric acid groups is 2. The first-order chi connectivity index (χ1) is 49.2. The van der Waals surface area contributed by atoms with Gasteiger partial charge in [0.05, 0.1) is 26.4 Å². The Morgan fingerprint density at radius 2 is 0.495 bits per heavy atom. The minimum absolute atomic E-state index is 0.0842. The van der Waals surface area contributed by atoms with E-state index >= 15 is 0 Å². The van der Waals surface area contributed by atoms with Gasteiger partial charge >= 0.3 is 33.6 Å². The Morgan fingerprint density at radius 3 is 0.782 bits per heavy atom. The van der Waals surface area contributed by atoms with E-state index in [0.717, 1.165) is 167 Å². The van der Waals surface area contributed by atoms with Crippen molar-refractivity contribution in [2.45, 2.75) is 322 Å². The lowest BCUT2D eigenvalue weighted by atomic mass is 10.0. The van der Waals surface area contributed by atoms with Crippen molar-refractivity contribution in [3.63, 3.8) is 0 Å². The number of hydrogen-bond donors (Lipinski definition) is 4. The van der Waals surface area contributed by atoms with Gasteiger partial charge in [0.1, 0.15) is 25.4 Å². The van der Waals surface area contributed by atoms with Crippen LogP contribution in [0.5, 0.6) is 0 Å². The van der Waals surface area contributed by atoms with Crippen LogP contribution >= 0.6 is 15.6 Å². The zero-order valence-electron chi connectivity index (χ0n) is 63.0. The summed E-state index contributed by atoms with van der Waals surface area (Å²) in [7, 11) is -9.80. The normalized spacial score (nSPS) is 14.8. The maximum absolute atomic E-state index is 13.0. The second-order valence-corrected chi connectivity index (χ2v) is 28.6. The summed E-state index contributed by atoms with van der Waals surface area (Å²) < 4.78 is 61.1. The van der Waals surface area contributed by atoms with Crippen molar-refractivity contribution in [3.05, 3.63) is 146 Å². The van der Waals surface area contributed by atoms with Gasteiger partial charge in [-0.1, -0.05) is 295 Å². The first-order valence-corrected chi connectivity index (χ1v) is 42.1. The molecule has 578 valence electrons. The van der Waals surface area contributed by atoms with E-state index in [2.05, 4.69) is 167 Å². The van der Waals surface area contributed by atoms with Gasteiger partial charge in [-0.3, -0.25) is 32.5 Å². The fraction of sp³-hybridized carbons (Fsp3) is 0.675. The summed E-state index contributed by atoms with van der Waals surface area (Å²) >= 11 is 0. The van der Waals surface area contributed by atoms with Gasteiger partial charge in [-0.2, -0.15) is 0 Å². The van der Waals surface area contributed by atoms with Gasteiger partial charge in [0, 0.05) is 19.3 Å². The third-order valence-electron chi connectivity index (χ3n) is 16.0. The molecule has 0 aliphatic heterocycles. The van der Waals surface area contributed by atoms with Crippen LogP contribution in [0.1, 0.15) is 303 Å². The Hall–Kier alpha value is -4.57. The van der Waals surface area contributed by atoms with Crippen LogP contribution in [0.25, 0.3) is 0 Å². The molecular formula is C83H140O16P2. The van der Waals surface area contributed by atoms with Crippen molar-refractivity contribution < 1.29 is 75.8 Å². The number of carbonyl (C=O) groups is 3. The summed E-state index contributed by atoms with van der Waals surface area (Å²) in [5, 5.41) is 20.6. The predicted octanol–water partition coefficient (Wildman–Crippen LogP) is 22.9. The zero-order valence-corrected chi connectivity index (χ0v) is 64.8. The van der Waals surface area contributed by atoms with E-state index in [1.165, 1.54) is 77.0 Å². The Bertz CT molecular complexity index is 2420. The van der Waals surface area contributed by atoms with E-state index in [1.807, 2.05) is 0 Å². The van der Waals surface area contributed by atoms with Gasteiger partial charge in [0.2, 0.25) is 0 Å². The molecule has 0 aliphatic carbocycles. The lowest BCUT2D eigenvalue weighted by Gasteiger charge is -2.21. The Labute approximate surface area is 613 Å². The van der Waals surface area contributed by atoms with Crippen molar-refractivity contribution in [2.24, 2.45) is 0 Å². The van der Waals surface area contributed by atoms with Crippen LogP contribution in [0.15, 0.2) is 146 Å². The Morgan fingerprint density at radius 1 is 0.277 bits per heavy atom. The molecule has 18 heteroatoms. The fourth-order valence-electron chi connectivity index (χ4n) is 10.2. The molecule has 0 fully saturated rings. The standard InChI is InChI=1S/C83H140O16P2/c1-4-7-10-13-16-19-22-25-28-31-32-33-34-35-36-37-38-39-40-41-42-43-44-47-49-51-54-57-60-63-66-69-81(86)93-72-78(84)73-95-100(89,90)96-74-79(85)75-97-101(91,92)98-77-80(99-83(88)71-68-65-62-59-56-53-50-46-30-27-24-21-18-15-12-9-6-3)76-94-82(87)70-67-64-61-58-55-52-48-45-29-26-23-20-17-14-11-8-5-2/h7-12,16-21,25-30,32-33,35-36,48,52,78-80,84-85H,4-6,13-15,22-24,31,34,37-47,49-51,53-77H2,1-3H3,(H,89,90)(H,91,92)/b10-7-,11-8-,12-9-,19-16-,20-17-,21-18-,28-25-,29-26-,30-27-,33-32-,36-35-,52-48-. The summed E-state index contributed by atoms with van der Waals surface area (Å²) in [5.41, 5.74) is 0. The van der Waals surface area contributed by atoms with E-state index in [1.54, 1.807) is 0 Å². The number of hydrogen-bond acceptors (Lipinski definition) is 14. The van der Waals surface area contributed by atoms with E-state index in [-0.39, 0.29) is 19.3 Å². The van der Waals surface area contributed by atoms with E-state index in [0.29, 0.717) is 19.3 Å². The molecule has 5 unspecified atom stereocenters. The lowest BCUT2D eigenvalue weighted by Crippen LogP contribution is -2.30. The van der Waals surface area contributed by atoms with Gasteiger partial charge in [-0.15, -0.1) is 0 Å². The molecule has 0 saturated heterocycles. The molecule has 0 radical (unpaired) electrons. The molecule has 0 aromatic carbocycles. The fourth-order valence-corrected chi connectivity index (χ4v) is 11.8. The number of esters is 3. The topological polar surface area (TPSA) is 231 Å². The second-order valence-electron chi connectivity index (χ2n) is 25.7. The Kier molecular flexibility index (Phi) is 71.7. The molecule has 4 N–H and O–H groups in total. The summed E-state index contributed by atoms with van der Waals surface area (Å²) in [5.74, 6) is -1.61. The molecule has 0 heterocycles.